The summed E-state index contributed by atoms with van der Waals surface area (Å²) >= 11 is 1.70. The molecule has 0 bridgehead atoms. The Hall–Kier alpha value is -1.28. The second-order valence-electron chi connectivity index (χ2n) is 4.85. The molecule has 1 heterocycles. The minimum atomic E-state index is 0. The first kappa shape index (κ1) is 19.8. The summed E-state index contributed by atoms with van der Waals surface area (Å²) in [6.07, 6.45) is 0.951. The predicted octanol–water partition coefficient (Wildman–Crippen LogP) is 3.67. The molecule has 2 rings (SSSR count). The van der Waals surface area contributed by atoms with Crippen LogP contribution in [-0.4, -0.2) is 26.2 Å². The maximum absolute atomic E-state index is 5.17. The van der Waals surface area contributed by atoms with Crippen molar-refractivity contribution < 1.29 is 4.74 Å². The molecule has 0 aliphatic heterocycles. The van der Waals surface area contributed by atoms with Crippen LogP contribution >= 0.6 is 35.3 Å². The molecule has 2 aromatic rings. The molecule has 0 unspecified atom stereocenters. The first-order valence-corrected chi connectivity index (χ1v) is 8.42. The second kappa shape index (κ2) is 11.3. The van der Waals surface area contributed by atoms with Crippen LogP contribution < -0.4 is 15.4 Å². The van der Waals surface area contributed by atoms with Gasteiger partial charge in [-0.05, 0) is 53.4 Å². The molecule has 0 atom stereocenters. The van der Waals surface area contributed by atoms with Crippen LogP contribution in [0.1, 0.15) is 18.1 Å². The summed E-state index contributed by atoms with van der Waals surface area (Å²) < 4.78 is 5.17. The average molecular weight is 445 g/mol. The summed E-state index contributed by atoms with van der Waals surface area (Å²) in [5.74, 6) is 1.75. The number of hydrogen-bond donors (Lipinski definition) is 2. The highest BCUT2D eigenvalue weighted by Crippen LogP contribution is 2.11. The molecule has 0 aliphatic rings. The third kappa shape index (κ3) is 7.22. The highest BCUT2D eigenvalue weighted by molar-refractivity contribution is 14.0. The van der Waals surface area contributed by atoms with Crippen LogP contribution in [0.15, 0.2) is 46.1 Å². The molecule has 0 spiro atoms. The standard InChI is InChI=1S/C17H23N3OS.HI/c1-3-18-17(20-12-15-9-11-22-13-15)19-10-8-14-4-6-16(21-2)7-5-14;/h4-7,9,11,13H,3,8,10,12H2,1-2H3,(H2,18,19,20);1H. The van der Waals surface area contributed by atoms with E-state index in [2.05, 4.69) is 51.5 Å². The Kier molecular flexibility index (Phi) is 9.70. The number of thiophene rings is 1. The lowest BCUT2D eigenvalue weighted by molar-refractivity contribution is 0.414. The Balaban J connectivity index is 0.00000264. The van der Waals surface area contributed by atoms with E-state index in [1.165, 1.54) is 11.1 Å². The molecule has 0 aliphatic carbocycles. The number of nitrogens with zero attached hydrogens (tertiary/aromatic N) is 1. The maximum atomic E-state index is 5.17. The van der Waals surface area contributed by atoms with Crippen molar-refractivity contribution in [3.8, 4) is 5.75 Å². The number of benzene rings is 1. The fraction of sp³-hybridized carbons (Fsp3) is 0.353. The zero-order chi connectivity index (χ0) is 15.6. The summed E-state index contributed by atoms with van der Waals surface area (Å²) in [6.45, 7) is 4.49. The molecule has 126 valence electrons. The number of ether oxygens (including phenoxy) is 1. The number of halogens is 1. The lowest BCUT2D eigenvalue weighted by Crippen LogP contribution is -2.38. The molecule has 0 saturated heterocycles. The molecule has 1 aromatic carbocycles. The molecule has 6 heteroatoms. The van der Waals surface area contributed by atoms with Crippen molar-refractivity contribution in [3.63, 3.8) is 0 Å². The Labute approximate surface area is 159 Å². The van der Waals surface area contributed by atoms with Gasteiger partial charge in [0.1, 0.15) is 5.75 Å². The fourth-order valence-electron chi connectivity index (χ4n) is 2.01. The molecule has 1 aromatic heterocycles. The zero-order valence-corrected chi connectivity index (χ0v) is 16.7. The van der Waals surface area contributed by atoms with E-state index in [9.17, 15) is 0 Å². The minimum Gasteiger partial charge on any atom is -0.497 e. The van der Waals surface area contributed by atoms with Crippen LogP contribution in [-0.2, 0) is 13.0 Å². The lowest BCUT2D eigenvalue weighted by Gasteiger charge is -2.11. The van der Waals surface area contributed by atoms with Crippen LogP contribution in [0, 0.1) is 0 Å². The van der Waals surface area contributed by atoms with Gasteiger partial charge in [-0.2, -0.15) is 11.3 Å². The van der Waals surface area contributed by atoms with Crippen LogP contribution in [0.4, 0.5) is 0 Å². The van der Waals surface area contributed by atoms with E-state index < -0.39 is 0 Å². The quantitative estimate of drug-likeness (QED) is 0.389. The van der Waals surface area contributed by atoms with Crippen molar-refractivity contribution in [2.24, 2.45) is 4.99 Å². The Morgan fingerprint density at radius 1 is 1.13 bits per heavy atom. The number of guanidine groups is 1. The van der Waals surface area contributed by atoms with Gasteiger partial charge < -0.3 is 15.4 Å². The predicted molar refractivity (Wildman–Crippen MR) is 109 cm³/mol. The Bertz CT molecular complexity index is 570. The third-order valence-electron chi connectivity index (χ3n) is 3.21. The first-order valence-electron chi connectivity index (χ1n) is 7.48. The van der Waals surface area contributed by atoms with Crippen molar-refractivity contribution in [1.29, 1.82) is 0 Å². The Morgan fingerprint density at radius 3 is 2.52 bits per heavy atom. The van der Waals surface area contributed by atoms with Gasteiger partial charge in [-0.1, -0.05) is 12.1 Å². The van der Waals surface area contributed by atoms with Gasteiger partial charge in [0.15, 0.2) is 5.96 Å². The highest BCUT2D eigenvalue weighted by atomic mass is 127. The van der Waals surface area contributed by atoms with E-state index in [1.54, 1.807) is 18.4 Å². The van der Waals surface area contributed by atoms with Crippen LogP contribution in [0.2, 0.25) is 0 Å². The number of aliphatic imine (C=N–C) groups is 1. The highest BCUT2D eigenvalue weighted by Gasteiger charge is 1.99. The molecule has 0 amide bonds. The van der Waals surface area contributed by atoms with Gasteiger partial charge >= 0.3 is 0 Å². The largest absolute Gasteiger partial charge is 0.497 e. The molecule has 0 saturated carbocycles. The summed E-state index contributed by atoms with van der Waals surface area (Å²) in [4.78, 5) is 4.60. The van der Waals surface area contributed by atoms with E-state index in [0.29, 0.717) is 6.54 Å². The maximum Gasteiger partial charge on any atom is 0.191 e. The molecular formula is C17H24IN3OS. The zero-order valence-electron chi connectivity index (χ0n) is 13.5. The second-order valence-corrected chi connectivity index (χ2v) is 5.63. The summed E-state index contributed by atoms with van der Waals surface area (Å²) in [6, 6.07) is 10.3. The molecule has 0 radical (unpaired) electrons. The van der Waals surface area contributed by atoms with E-state index in [4.69, 9.17) is 4.74 Å². The van der Waals surface area contributed by atoms with Gasteiger partial charge in [0.25, 0.3) is 0 Å². The van der Waals surface area contributed by atoms with Crippen molar-refractivity contribution in [3.05, 3.63) is 52.2 Å². The van der Waals surface area contributed by atoms with Gasteiger partial charge in [0.2, 0.25) is 0 Å². The smallest absolute Gasteiger partial charge is 0.191 e. The third-order valence-corrected chi connectivity index (χ3v) is 3.94. The monoisotopic (exact) mass is 445 g/mol. The molecule has 0 fully saturated rings. The Morgan fingerprint density at radius 2 is 1.91 bits per heavy atom. The number of hydrogen-bond acceptors (Lipinski definition) is 3. The van der Waals surface area contributed by atoms with Gasteiger partial charge in [-0.15, -0.1) is 24.0 Å². The topological polar surface area (TPSA) is 45.7 Å². The molecule has 23 heavy (non-hydrogen) atoms. The van der Waals surface area contributed by atoms with Crippen LogP contribution in [0.3, 0.4) is 0 Å². The molecule has 2 N–H and O–H groups in total. The van der Waals surface area contributed by atoms with Gasteiger partial charge in [0.05, 0.1) is 13.7 Å². The number of nitrogens with one attached hydrogen (secondary N) is 2. The minimum absolute atomic E-state index is 0. The van der Waals surface area contributed by atoms with Crippen LogP contribution in [0.25, 0.3) is 0 Å². The van der Waals surface area contributed by atoms with Gasteiger partial charge in [0, 0.05) is 13.1 Å². The van der Waals surface area contributed by atoms with E-state index >= 15 is 0 Å². The van der Waals surface area contributed by atoms with Crippen molar-refractivity contribution >= 4 is 41.3 Å². The SMILES string of the molecule is CCNC(=NCc1ccsc1)NCCc1ccc(OC)cc1.I. The fourth-order valence-corrected chi connectivity index (χ4v) is 2.67. The van der Waals surface area contributed by atoms with Crippen LogP contribution in [0.5, 0.6) is 5.75 Å². The van der Waals surface area contributed by atoms with Gasteiger partial charge in [-0.3, -0.25) is 0 Å². The summed E-state index contributed by atoms with van der Waals surface area (Å²) in [7, 11) is 1.68. The molecular weight excluding hydrogens is 421 g/mol. The summed E-state index contributed by atoms with van der Waals surface area (Å²) in [5.41, 5.74) is 2.53. The van der Waals surface area contributed by atoms with Crippen molar-refractivity contribution in [2.45, 2.75) is 19.9 Å². The van der Waals surface area contributed by atoms with Crippen molar-refractivity contribution in [1.82, 2.24) is 10.6 Å². The van der Waals surface area contributed by atoms with Gasteiger partial charge in [-0.25, -0.2) is 4.99 Å². The van der Waals surface area contributed by atoms with E-state index in [-0.39, 0.29) is 24.0 Å². The average Bonchev–Trinajstić information content (AvgIpc) is 3.06. The first-order chi connectivity index (χ1) is 10.8. The normalized spacial score (nSPS) is 10.8. The summed E-state index contributed by atoms with van der Waals surface area (Å²) in [5, 5.41) is 10.9. The van der Waals surface area contributed by atoms with Crippen molar-refractivity contribution in [2.75, 3.05) is 20.2 Å². The lowest BCUT2D eigenvalue weighted by atomic mass is 10.1. The number of methoxy groups -OCH3 is 1. The van der Waals surface area contributed by atoms with E-state index in [0.717, 1.165) is 31.2 Å². The van der Waals surface area contributed by atoms with E-state index in [1.807, 2.05) is 12.1 Å². The molecule has 4 nitrogen and oxygen atoms in total. The number of rotatable bonds is 7.